The lowest BCUT2D eigenvalue weighted by molar-refractivity contribution is 0.104. The zero-order valence-corrected chi connectivity index (χ0v) is 17.2. The first-order valence-corrected chi connectivity index (χ1v) is 10.9. The molecule has 2 fully saturated rings. The molecule has 164 valence electrons. The fourth-order valence-electron chi connectivity index (χ4n) is 4.29. The number of halogens is 2. The molecular weight excluding hydrogens is 402 g/mol. The fraction of sp³-hybridized carbons (Fsp3) is 0.500. The Bertz CT molecular complexity index is 1080. The third-order valence-electron chi connectivity index (χ3n) is 6.36. The second kappa shape index (κ2) is 8.37. The number of aliphatic hydroxyl groups is 1. The summed E-state index contributed by atoms with van der Waals surface area (Å²) in [5, 5.41) is 16.2. The summed E-state index contributed by atoms with van der Waals surface area (Å²) in [6.07, 6.45) is 8.24. The number of rotatable bonds is 6. The number of aromatic nitrogens is 4. The molecule has 31 heavy (non-hydrogen) atoms. The Balaban J connectivity index is 1.49. The van der Waals surface area contributed by atoms with Crippen LogP contribution in [0.15, 0.2) is 24.4 Å². The highest BCUT2D eigenvalue weighted by molar-refractivity contribution is 5.76. The summed E-state index contributed by atoms with van der Waals surface area (Å²) in [6.45, 7) is 0.647. The van der Waals surface area contributed by atoms with Crippen molar-refractivity contribution < 1.29 is 13.9 Å². The summed E-state index contributed by atoms with van der Waals surface area (Å²) in [5.74, 6) is 0.0591. The van der Waals surface area contributed by atoms with Gasteiger partial charge in [0.25, 0.3) is 0 Å². The number of hydrogen-bond acceptors (Lipinski definition) is 6. The highest BCUT2D eigenvalue weighted by Crippen LogP contribution is 2.30. The lowest BCUT2D eigenvalue weighted by Gasteiger charge is -2.27. The Hall–Kier alpha value is -2.81. The zero-order chi connectivity index (χ0) is 21.4. The quantitative estimate of drug-likeness (QED) is 0.541. The SMILES string of the molecule is OC1CCC(Cn2c(Nc3ccc(F)cc3F)nc3cnc(NC4CCC4)nc32)CC1. The second-order valence-corrected chi connectivity index (χ2v) is 8.64. The monoisotopic (exact) mass is 428 g/mol. The van der Waals surface area contributed by atoms with E-state index >= 15 is 0 Å². The average Bonchev–Trinajstić information content (AvgIpc) is 3.05. The first-order valence-electron chi connectivity index (χ1n) is 10.9. The highest BCUT2D eigenvalue weighted by atomic mass is 19.1. The van der Waals surface area contributed by atoms with Crippen LogP contribution in [0, 0.1) is 17.6 Å². The summed E-state index contributed by atoms with van der Waals surface area (Å²) in [6, 6.07) is 3.82. The largest absolute Gasteiger partial charge is 0.393 e. The van der Waals surface area contributed by atoms with Crippen LogP contribution in [0.4, 0.5) is 26.4 Å². The van der Waals surface area contributed by atoms with E-state index in [-0.39, 0.29) is 11.8 Å². The van der Waals surface area contributed by atoms with E-state index in [1.165, 1.54) is 18.6 Å². The standard InChI is InChI=1S/C22H26F2N6O/c23-14-6-9-18(17(24)10-14)27-22-28-19-11-25-21(26-15-2-1-3-15)29-20(19)30(22)12-13-4-7-16(31)8-5-13/h6,9-11,13,15-16,31H,1-5,7-8,12H2,(H,27,28)(H,25,26,29). The van der Waals surface area contributed by atoms with Crippen molar-refractivity contribution in [3.8, 4) is 0 Å². The third-order valence-corrected chi connectivity index (χ3v) is 6.36. The molecule has 0 spiro atoms. The molecule has 3 aromatic rings. The van der Waals surface area contributed by atoms with E-state index < -0.39 is 11.6 Å². The maximum Gasteiger partial charge on any atom is 0.224 e. The highest BCUT2D eigenvalue weighted by Gasteiger charge is 2.24. The van der Waals surface area contributed by atoms with Crippen molar-refractivity contribution >= 4 is 28.7 Å². The van der Waals surface area contributed by atoms with Gasteiger partial charge < -0.3 is 15.7 Å². The smallest absolute Gasteiger partial charge is 0.224 e. The minimum atomic E-state index is -0.683. The van der Waals surface area contributed by atoms with Crippen molar-refractivity contribution in [1.29, 1.82) is 0 Å². The number of nitrogens with zero attached hydrogens (tertiary/aromatic N) is 4. The van der Waals surface area contributed by atoms with Gasteiger partial charge in [-0.2, -0.15) is 4.98 Å². The Labute approximate surface area is 178 Å². The van der Waals surface area contributed by atoms with E-state index in [0.717, 1.165) is 44.6 Å². The molecule has 2 aromatic heterocycles. The Morgan fingerprint density at radius 1 is 1.06 bits per heavy atom. The summed E-state index contributed by atoms with van der Waals surface area (Å²) >= 11 is 0. The first kappa shape index (κ1) is 20.1. The number of aliphatic hydroxyl groups excluding tert-OH is 1. The first-order chi connectivity index (χ1) is 15.0. The molecule has 0 amide bonds. The molecule has 0 unspecified atom stereocenters. The van der Waals surface area contributed by atoms with Crippen molar-refractivity contribution in [3.05, 3.63) is 36.0 Å². The van der Waals surface area contributed by atoms with Gasteiger partial charge in [-0.3, -0.25) is 4.57 Å². The topological polar surface area (TPSA) is 87.9 Å². The summed E-state index contributed by atoms with van der Waals surface area (Å²) < 4.78 is 29.5. The van der Waals surface area contributed by atoms with Crippen LogP contribution in [0.5, 0.6) is 0 Å². The fourth-order valence-corrected chi connectivity index (χ4v) is 4.29. The number of anilines is 3. The van der Waals surface area contributed by atoms with Gasteiger partial charge in [-0.1, -0.05) is 0 Å². The van der Waals surface area contributed by atoms with E-state index in [1.807, 2.05) is 4.57 Å². The van der Waals surface area contributed by atoms with Gasteiger partial charge in [-0.15, -0.1) is 0 Å². The molecule has 1 aromatic carbocycles. The molecule has 0 atom stereocenters. The van der Waals surface area contributed by atoms with E-state index in [1.54, 1.807) is 6.20 Å². The maximum absolute atomic E-state index is 14.3. The van der Waals surface area contributed by atoms with Gasteiger partial charge in [-0.05, 0) is 63.0 Å². The molecule has 2 aliphatic carbocycles. The van der Waals surface area contributed by atoms with E-state index in [4.69, 9.17) is 4.98 Å². The maximum atomic E-state index is 14.3. The van der Waals surface area contributed by atoms with Crippen LogP contribution in [0.3, 0.4) is 0 Å². The summed E-state index contributed by atoms with van der Waals surface area (Å²) in [4.78, 5) is 13.7. The van der Waals surface area contributed by atoms with E-state index in [0.29, 0.717) is 41.6 Å². The van der Waals surface area contributed by atoms with E-state index in [2.05, 4.69) is 20.6 Å². The van der Waals surface area contributed by atoms with Gasteiger partial charge in [0.15, 0.2) is 5.65 Å². The number of imidazole rings is 1. The minimum Gasteiger partial charge on any atom is -0.393 e. The van der Waals surface area contributed by atoms with Gasteiger partial charge in [0.1, 0.15) is 17.2 Å². The van der Waals surface area contributed by atoms with E-state index in [9.17, 15) is 13.9 Å². The molecule has 0 radical (unpaired) electrons. The van der Waals surface area contributed by atoms with Crippen molar-refractivity contribution in [2.45, 2.75) is 63.6 Å². The van der Waals surface area contributed by atoms with Crippen molar-refractivity contribution in [3.63, 3.8) is 0 Å². The molecule has 2 aliphatic rings. The van der Waals surface area contributed by atoms with Crippen LogP contribution in [-0.4, -0.2) is 36.8 Å². The van der Waals surface area contributed by atoms with Gasteiger partial charge in [0.2, 0.25) is 11.9 Å². The number of fused-ring (bicyclic) bond motifs is 1. The van der Waals surface area contributed by atoms with Crippen LogP contribution in [0.2, 0.25) is 0 Å². The molecule has 7 nitrogen and oxygen atoms in total. The van der Waals surface area contributed by atoms with Gasteiger partial charge in [0.05, 0.1) is 18.0 Å². The van der Waals surface area contributed by atoms with Crippen molar-refractivity contribution in [2.75, 3.05) is 10.6 Å². The van der Waals surface area contributed by atoms with Crippen molar-refractivity contribution in [1.82, 2.24) is 19.5 Å². The number of hydrogen-bond donors (Lipinski definition) is 3. The van der Waals surface area contributed by atoms with Gasteiger partial charge >= 0.3 is 0 Å². The lowest BCUT2D eigenvalue weighted by Crippen LogP contribution is -2.28. The average molecular weight is 428 g/mol. The van der Waals surface area contributed by atoms with Crippen LogP contribution in [0.1, 0.15) is 44.9 Å². The molecule has 0 bridgehead atoms. The molecular formula is C22H26F2N6O. The molecule has 2 saturated carbocycles. The summed E-state index contributed by atoms with van der Waals surface area (Å²) in [7, 11) is 0. The van der Waals surface area contributed by atoms with Crippen LogP contribution >= 0.6 is 0 Å². The van der Waals surface area contributed by atoms with Crippen LogP contribution in [0.25, 0.3) is 11.2 Å². The molecule has 3 N–H and O–H groups in total. The predicted octanol–water partition coefficient (Wildman–Crippen LogP) is 4.36. The number of benzene rings is 1. The van der Waals surface area contributed by atoms with Crippen molar-refractivity contribution in [2.24, 2.45) is 5.92 Å². The Kier molecular flexibility index (Phi) is 5.43. The number of nitrogens with one attached hydrogen (secondary N) is 2. The normalized spacial score (nSPS) is 21.8. The Morgan fingerprint density at radius 2 is 1.87 bits per heavy atom. The third kappa shape index (κ3) is 4.32. The van der Waals surface area contributed by atoms with Gasteiger partial charge in [-0.25, -0.2) is 18.7 Å². The second-order valence-electron chi connectivity index (χ2n) is 8.64. The molecule has 9 heteroatoms. The molecule has 0 saturated heterocycles. The predicted molar refractivity (Wildman–Crippen MR) is 114 cm³/mol. The molecule has 5 rings (SSSR count). The molecule has 0 aliphatic heterocycles. The lowest BCUT2D eigenvalue weighted by atomic mass is 9.87. The zero-order valence-electron chi connectivity index (χ0n) is 17.2. The van der Waals surface area contributed by atoms with Gasteiger partial charge in [0, 0.05) is 18.7 Å². The minimum absolute atomic E-state index is 0.151. The van der Waals surface area contributed by atoms with Crippen LogP contribution < -0.4 is 10.6 Å². The Morgan fingerprint density at radius 3 is 2.58 bits per heavy atom. The summed E-state index contributed by atoms with van der Waals surface area (Å²) in [5.41, 5.74) is 1.44. The van der Waals surface area contributed by atoms with Crippen LogP contribution in [-0.2, 0) is 6.54 Å². The molecule has 2 heterocycles.